The van der Waals surface area contributed by atoms with Gasteiger partial charge >= 0.3 is 6.09 Å². The highest BCUT2D eigenvalue weighted by atomic mass is 79.9. The Morgan fingerprint density at radius 2 is 1.52 bits per heavy atom. The maximum Gasteiger partial charge on any atom is 0.407 e. The van der Waals surface area contributed by atoms with Crippen molar-refractivity contribution in [3.05, 3.63) is 98.4 Å². The Morgan fingerprint density at radius 1 is 0.931 bits per heavy atom. The van der Waals surface area contributed by atoms with E-state index in [2.05, 4.69) is 61.4 Å². The number of rotatable bonds is 5. The molecule has 4 rings (SSSR count). The average Bonchev–Trinajstić information content (AvgIpc) is 3.03. The highest BCUT2D eigenvalue weighted by molar-refractivity contribution is 9.11. The number of fused-ring (bicyclic) bond motifs is 3. The van der Waals surface area contributed by atoms with Crippen LogP contribution in [0.2, 0.25) is 0 Å². The summed E-state index contributed by atoms with van der Waals surface area (Å²) in [4.78, 5) is 12.2. The molecule has 0 saturated carbocycles. The van der Waals surface area contributed by atoms with Gasteiger partial charge in [0, 0.05) is 21.4 Å². The molecule has 0 fully saturated rings. The first-order valence-electron chi connectivity index (χ1n) is 9.33. The van der Waals surface area contributed by atoms with Crippen LogP contribution in [0.3, 0.4) is 0 Å². The molecule has 0 spiro atoms. The maximum absolute atomic E-state index is 12.2. The van der Waals surface area contributed by atoms with Crippen molar-refractivity contribution < 1.29 is 9.53 Å². The minimum atomic E-state index is -0.410. The lowest BCUT2D eigenvalue weighted by Gasteiger charge is -2.14. The van der Waals surface area contributed by atoms with Crippen molar-refractivity contribution in [2.45, 2.75) is 5.92 Å². The van der Waals surface area contributed by atoms with E-state index in [-0.39, 0.29) is 5.92 Å². The van der Waals surface area contributed by atoms with E-state index < -0.39 is 6.09 Å². The van der Waals surface area contributed by atoms with E-state index in [0.717, 1.165) is 14.5 Å². The van der Waals surface area contributed by atoms with Gasteiger partial charge in [0.1, 0.15) is 6.61 Å². The standard InChI is InChI=1S/C24H19Br2NO2/c25-17-12-16(13-18(26)14-17)6-5-11-27-24(28)29-15-23-21-9-3-1-7-19(21)20-8-2-4-10-22(20)23/h1-10,12-14,23H,11,15H2,(H,27,28). The molecule has 0 atom stereocenters. The topological polar surface area (TPSA) is 38.3 Å². The van der Waals surface area contributed by atoms with Crippen LogP contribution in [0.15, 0.2) is 81.8 Å². The molecular formula is C24H19Br2NO2. The highest BCUT2D eigenvalue weighted by Crippen LogP contribution is 2.44. The van der Waals surface area contributed by atoms with Crippen molar-refractivity contribution >= 4 is 44.0 Å². The lowest BCUT2D eigenvalue weighted by atomic mass is 9.98. The number of hydrogen-bond donors (Lipinski definition) is 1. The third-order valence-corrected chi connectivity index (χ3v) is 5.82. The molecule has 146 valence electrons. The summed E-state index contributed by atoms with van der Waals surface area (Å²) in [6, 6.07) is 22.6. The number of halogens is 2. The first kappa shape index (κ1) is 19.9. The van der Waals surface area contributed by atoms with Crippen LogP contribution in [0, 0.1) is 0 Å². The monoisotopic (exact) mass is 511 g/mol. The van der Waals surface area contributed by atoms with Gasteiger partial charge in [-0.2, -0.15) is 0 Å². The van der Waals surface area contributed by atoms with Crippen LogP contribution in [0.5, 0.6) is 0 Å². The number of ether oxygens (including phenoxy) is 1. The van der Waals surface area contributed by atoms with E-state index in [1.807, 2.05) is 54.6 Å². The number of carbonyl (C=O) groups is 1. The van der Waals surface area contributed by atoms with E-state index in [0.29, 0.717) is 13.2 Å². The number of carbonyl (C=O) groups excluding carboxylic acids is 1. The number of alkyl carbamates (subject to hydrolysis) is 1. The summed E-state index contributed by atoms with van der Waals surface area (Å²) in [6.45, 7) is 0.725. The molecule has 1 amide bonds. The van der Waals surface area contributed by atoms with Crippen LogP contribution in [0.25, 0.3) is 17.2 Å². The highest BCUT2D eigenvalue weighted by Gasteiger charge is 2.28. The van der Waals surface area contributed by atoms with Gasteiger partial charge in [0.15, 0.2) is 0 Å². The van der Waals surface area contributed by atoms with Crippen molar-refractivity contribution in [3.63, 3.8) is 0 Å². The largest absolute Gasteiger partial charge is 0.449 e. The Morgan fingerprint density at radius 3 is 2.14 bits per heavy atom. The van der Waals surface area contributed by atoms with Gasteiger partial charge in [0.05, 0.1) is 0 Å². The van der Waals surface area contributed by atoms with Gasteiger partial charge in [-0.3, -0.25) is 0 Å². The van der Waals surface area contributed by atoms with Crippen LogP contribution in [-0.2, 0) is 4.74 Å². The predicted molar refractivity (Wildman–Crippen MR) is 124 cm³/mol. The molecule has 3 nitrogen and oxygen atoms in total. The van der Waals surface area contributed by atoms with Crippen LogP contribution < -0.4 is 5.32 Å². The van der Waals surface area contributed by atoms with Gasteiger partial charge in [-0.05, 0) is 46.0 Å². The second kappa shape index (κ2) is 8.97. The Hall–Kier alpha value is -2.37. The average molecular weight is 513 g/mol. The Bertz CT molecular complexity index is 1010. The summed E-state index contributed by atoms with van der Waals surface area (Å²) < 4.78 is 7.52. The van der Waals surface area contributed by atoms with E-state index in [1.54, 1.807) is 0 Å². The van der Waals surface area contributed by atoms with Gasteiger partial charge in [0.25, 0.3) is 0 Å². The number of amides is 1. The van der Waals surface area contributed by atoms with Gasteiger partial charge in [0.2, 0.25) is 0 Å². The van der Waals surface area contributed by atoms with Gasteiger partial charge in [-0.15, -0.1) is 0 Å². The minimum Gasteiger partial charge on any atom is -0.449 e. The van der Waals surface area contributed by atoms with Gasteiger partial charge in [-0.1, -0.05) is 92.5 Å². The molecule has 3 aromatic carbocycles. The fraction of sp³-hybridized carbons (Fsp3) is 0.125. The van der Waals surface area contributed by atoms with Crippen molar-refractivity contribution in [1.82, 2.24) is 5.32 Å². The zero-order chi connectivity index (χ0) is 20.2. The summed E-state index contributed by atoms with van der Waals surface area (Å²) in [7, 11) is 0. The molecule has 3 aromatic rings. The minimum absolute atomic E-state index is 0.0720. The molecule has 0 aromatic heterocycles. The fourth-order valence-electron chi connectivity index (χ4n) is 3.66. The molecule has 0 unspecified atom stereocenters. The van der Waals surface area contributed by atoms with E-state index in [1.165, 1.54) is 22.3 Å². The lowest BCUT2D eigenvalue weighted by molar-refractivity contribution is 0.144. The van der Waals surface area contributed by atoms with E-state index in [9.17, 15) is 4.79 Å². The summed E-state index contributed by atoms with van der Waals surface area (Å²) in [6.07, 6.45) is 3.45. The van der Waals surface area contributed by atoms with Gasteiger partial charge < -0.3 is 10.1 Å². The second-order valence-corrected chi connectivity index (χ2v) is 8.64. The van der Waals surface area contributed by atoms with Crippen molar-refractivity contribution in [3.8, 4) is 11.1 Å². The third-order valence-electron chi connectivity index (χ3n) is 4.90. The van der Waals surface area contributed by atoms with E-state index >= 15 is 0 Å². The van der Waals surface area contributed by atoms with E-state index in [4.69, 9.17) is 4.74 Å². The fourth-order valence-corrected chi connectivity index (χ4v) is 4.99. The maximum atomic E-state index is 12.2. The summed E-state index contributed by atoms with van der Waals surface area (Å²) in [5.74, 6) is 0.0720. The molecule has 0 aliphatic heterocycles. The predicted octanol–water partition coefficient (Wildman–Crippen LogP) is 6.76. The first-order chi connectivity index (χ1) is 14.1. The molecule has 5 heteroatoms. The summed E-state index contributed by atoms with van der Waals surface area (Å²) in [5.41, 5.74) is 5.91. The second-order valence-electron chi connectivity index (χ2n) is 6.81. The lowest BCUT2D eigenvalue weighted by Crippen LogP contribution is -2.26. The molecule has 1 aliphatic rings. The molecule has 1 N–H and O–H groups in total. The Labute approximate surface area is 187 Å². The summed E-state index contributed by atoms with van der Waals surface area (Å²) in [5, 5.41) is 2.78. The molecule has 1 aliphatic carbocycles. The number of hydrogen-bond acceptors (Lipinski definition) is 2. The number of benzene rings is 3. The Balaban J connectivity index is 1.34. The third kappa shape index (κ3) is 4.62. The zero-order valence-corrected chi connectivity index (χ0v) is 18.7. The molecule has 0 heterocycles. The van der Waals surface area contributed by atoms with Crippen molar-refractivity contribution in [2.75, 3.05) is 13.2 Å². The normalized spacial score (nSPS) is 12.6. The quantitative estimate of drug-likeness (QED) is 0.410. The van der Waals surface area contributed by atoms with Gasteiger partial charge in [-0.25, -0.2) is 4.79 Å². The first-order valence-corrected chi connectivity index (χ1v) is 10.9. The smallest absolute Gasteiger partial charge is 0.407 e. The van der Waals surface area contributed by atoms with Crippen molar-refractivity contribution in [1.29, 1.82) is 0 Å². The van der Waals surface area contributed by atoms with Crippen molar-refractivity contribution in [2.24, 2.45) is 0 Å². The van der Waals surface area contributed by atoms with Crippen LogP contribution in [0.4, 0.5) is 4.79 Å². The molecule has 0 saturated heterocycles. The molecular weight excluding hydrogens is 494 g/mol. The SMILES string of the molecule is O=C(NCC=Cc1cc(Br)cc(Br)c1)OCC1c2ccccc2-c2ccccc21. The zero-order valence-electron chi connectivity index (χ0n) is 15.6. The van der Waals surface area contributed by atoms with Crippen LogP contribution in [0.1, 0.15) is 22.6 Å². The van der Waals surface area contributed by atoms with Crippen LogP contribution >= 0.6 is 31.9 Å². The van der Waals surface area contributed by atoms with Crippen LogP contribution in [-0.4, -0.2) is 19.2 Å². The summed E-state index contributed by atoms with van der Waals surface area (Å²) >= 11 is 6.93. The molecule has 0 radical (unpaired) electrons. The molecule has 29 heavy (non-hydrogen) atoms. The Kier molecular flexibility index (Phi) is 6.16. The number of nitrogens with one attached hydrogen (secondary N) is 1. The molecule has 0 bridgehead atoms.